The molecule has 1 aromatic heterocycles. The Kier molecular flexibility index (Phi) is 9.54. The second kappa shape index (κ2) is 10.8. The third-order valence-electron chi connectivity index (χ3n) is 5.07. The van der Waals surface area contributed by atoms with Crippen molar-refractivity contribution >= 4 is 36.5 Å². The van der Waals surface area contributed by atoms with E-state index in [0.717, 1.165) is 44.5 Å². The second-order valence-electron chi connectivity index (χ2n) is 7.00. The molecule has 2 aliphatic rings. The standard InChI is InChI=1S/C18H28N4O.2ClH/c1-14-6-9-22(10-7-14)17-5-4-16(13-20-17)18(23)21-12-15-3-2-8-19-11-15;;/h4-5,13-15,19H,2-3,6-12H2,1H3,(H,21,23);2*1H. The molecule has 2 fully saturated rings. The molecular formula is C18H30Cl2N4O. The molecule has 2 saturated heterocycles. The summed E-state index contributed by atoms with van der Waals surface area (Å²) < 4.78 is 0. The van der Waals surface area contributed by atoms with E-state index in [0.29, 0.717) is 11.5 Å². The molecule has 7 heteroatoms. The Morgan fingerprint density at radius 1 is 1.28 bits per heavy atom. The molecule has 0 spiro atoms. The van der Waals surface area contributed by atoms with E-state index in [4.69, 9.17) is 0 Å². The topological polar surface area (TPSA) is 57.3 Å². The van der Waals surface area contributed by atoms with Gasteiger partial charge >= 0.3 is 0 Å². The molecule has 25 heavy (non-hydrogen) atoms. The van der Waals surface area contributed by atoms with Crippen LogP contribution in [0.15, 0.2) is 18.3 Å². The van der Waals surface area contributed by atoms with E-state index in [-0.39, 0.29) is 30.7 Å². The number of anilines is 1. The van der Waals surface area contributed by atoms with Crippen molar-refractivity contribution in [1.29, 1.82) is 0 Å². The summed E-state index contributed by atoms with van der Waals surface area (Å²) in [5.74, 6) is 2.34. The Morgan fingerprint density at radius 3 is 2.64 bits per heavy atom. The van der Waals surface area contributed by atoms with Crippen LogP contribution in [0.5, 0.6) is 0 Å². The molecule has 0 saturated carbocycles. The van der Waals surface area contributed by atoms with Gasteiger partial charge in [0.25, 0.3) is 5.91 Å². The van der Waals surface area contributed by atoms with E-state index < -0.39 is 0 Å². The Labute approximate surface area is 163 Å². The maximum atomic E-state index is 12.2. The first-order chi connectivity index (χ1) is 11.2. The van der Waals surface area contributed by atoms with Crippen molar-refractivity contribution in [2.24, 2.45) is 11.8 Å². The highest BCUT2D eigenvalue weighted by Gasteiger charge is 2.18. The van der Waals surface area contributed by atoms with E-state index in [1.54, 1.807) is 6.20 Å². The molecule has 3 heterocycles. The number of aromatic nitrogens is 1. The van der Waals surface area contributed by atoms with Crippen molar-refractivity contribution in [3.05, 3.63) is 23.9 Å². The summed E-state index contributed by atoms with van der Waals surface area (Å²) in [5.41, 5.74) is 0.655. The molecule has 0 aromatic carbocycles. The first-order valence-corrected chi connectivity index (χ1v) is 8.92. The van der Waals surface area contributed by atoms with Crippen molar-refractivity contribution in [2.75, 3.05) is 37.6 Å². The van der Waals surface area contributed by atoms with Crippen molar-refractivity contribution in [2.45, 2.75) is 32.6 Å². The van der Waals surface area contributed by atoms with Crippen LogP contribution in [0, 0.1) is 11.8 Å². The smallest absolute Gasteiger partial charge is 0.252 e. The number of rotatable bonds is 4. The Balaban J connectivity index is 0.00000156. The molecule has 5 nitrogen and oxygen atoms in total. The van der Waals surface area contributed by atoms with E-state index in [1.165, 1.54) is 25.7 Å². The monoisotopic (exact) mass is 388 g/mol. The fraction of sp³-hybridized carbons (Fsp3) is 0.667. The molecule has 2 N–H and O–H groups in total. The number of hydrogen-bond acceptors (Lipinski definition) is 4. The minimum Gasteiger partial charge on any atom is -0.357 e. The quantitative estimate of drug-likeness (QED) is 0.832. The summed E-state index contributed by atoms with van der Waals surface area (Å²) in [5, 5.41) is 6.42. The minimum absolute atomic E-state index is 0. The highest BCUT2D eigenvalue weighted by atomic mass is 35.5. The van der Waals surface area contributed by atoms with E-state index in [9.17, 15) is 4.79 Å². The maximum Gasteiger partial charge on any atom is 0.252 e. The summed E-state index contributed by atoms with van der Waals surface area (Å²) in [6.07, 6.45) is 6.55. The Hall–Kier alpha value is -1.04. The van der Waals surface area contributed by atoms with Crippen molar-refractivity contribution in [3.8, 4) is 0 Å². The van der Waals surface area contributed by atoms with E-state index in [2.05, 4.69) is 27.4 Å². The number of nitrogens with one attached hydrogen (secondary N) is 2. The average molecular weight is 389 g/mol. The highest BCUT2D eigenvalue weighted by Crippen LogP contribution is 2.21. The SMILES string of the molecule is CC1CCN(c2ccc(C(=O)NCC3CCCNC3)cn2)CC1.Cl.Cl. The largest absolute Gasteiger partial charge is 0.357 e. The molecule has 1 amide bonds. The summed E-state index contributed by atoms with van der Waals surface area (Å²) in [4.78, 5) is 19.0. The zero-order valence-electron chi connectivity index (χ0n) is 14.9. The number of halogens is 2. The molecule has 1 atom stereocenters. The Morgan fingerprint density at radius 2 is 2.04 bits per heavy atom. The minimum atomic E-state index is -0.0121. The van der Waals surface area contributed by atoms with Gasteiger partial charge in [0.05, 0.1) is 5.56 Å². The third-order valence-corrected chi connectivity index (χ3v) is 5.07. The van der Waals surface area contributed by atoms with Gasteiger partial charge in [0.15, 0.2) is 0 Å². The molecule has 1 aromatic rings. The fourth-order valence-electron chi connectivity index (χ4n) is 3.38. The number of pyridine rings is 1. The zero-order chi connectivity index (χ0) is 16.1. The third kappa shape index (κ3) is 6.32. The van der Waals surface area contributed by atoms with Gasteiger partial charge in [-0.15, -0.1) is 24.8 Å². The molecule has 2 aliphatic heterocycles. The normalized spacial score (nSPS) is 21.0. The van der Waals surface area contributed by atoms with Gasteiger partial charge in [-0.25, -0.2) is 4.98 Å². The lowest BCUT2D eigenvalue weighted by molar-refractivity contribution is 0.0944. The van der Waals surface area contributed by atoms with Crippen molar-refractivity contribution in [1.82, 2.24) is 15.6 Å². The van der Waals surface area contributed by atoms with Gasteiger partial charge in [0, 0.05) is 25.8 Å². The molecule has 0 aliphatic carbocycles. The van der Waals surface area contributed by atoms with Crippen LogP contribution < -0.4 is 15.5 Å². The predicted octanol–water partition coefficient (Wildman–Crippen LogP) is 2.89. The first-order valence-electron chi connectivity index (χ1n) is 8.92. The summed E-state index contributed by atoms with van der Waals surface area (Å²) in [6, 6.07) is 3.88. The van der Waals surface area contributed by atoms with Gasteiger partial charge in [-0.05, 0) is 62.7 Å². The van der Waals surface area contributed by atoms with Crippen LogP contribution in [-0.4, -0.2) is 43.6 Å². The average Bonchev–Trinajstić information content (AvgIpc) is 2.61. The van der Waals surface area contributed by atoms with E-state index in [1.807, 2.05) is 12.1 Å². The molecule has 142 valence electrons. The van der Waals surface area contributed by atoms with Gasteiger partial charge in [-0.2, -0.15) is 0 Å². The number of carbonyl (C=O) groups excluding carboxylic acids is 1. The van der Waals surface area contributed by atoms with Gasteiger partial charge in [-0.1, -0.05) is 6.92 Å². The van der Waals surface area contributed by atoms with Crippen LogP contribution >= 0.6 is 24.8 Å². The second-order valence-corrected chi connectivity index (χ2v) is 7.00. The first kappa shape index (κ1) is 22.0. The molecule has 3 rings (SSSR count). The maximum absolute atomic E-state index is 12.2. The van der Waals surface area contributed by atoms with Gasteiger partial charge < -0.3 is 15.5 Å². The van der Waals surface area contributed by atoms with Crippen molar-refractivity contribution in [3.63, 3.8) is 0 Å². The van der Waals surface area contributed by atoms with Crippen LogP contribution in [0.4, 0.5) is 5.82 Å². The summed E-state index contributed by atoms with van der Waals surface area (Å²) in [7, 11) is 0. The van der Waals surface area contributed by atoms with Gasteiger partial charge in [0.2, 0.25) is 0 Å². The van der Waals surface area contributed by atoms with Crippen molar-refractivity contribution < 1.29 is 4.79 Å². The van der Waals surface area contributed by atoms with Gasteiger partial charge in [0.1, 0.15) is 5.82 Å². The molecule has 0 radical (unpaired) electrons. The highest BCUT2D eigenvalue weighted by molar-refractivity contribution is 5.94. The van der Waals surface area contributed by atoms with Crippen LogP contribution in [0.1, 0.15) is 43.0 Å². The number of hydrogen-bond donors (Lipinski definition) is 2. The number of carbonyl (C=O) groups is 1. The van der Waals surface area contributed by atoms with Gasteiger partial charge in [-0.3, -0.25) is 4.79 Å². The lowest BCUT2D eigenvalue weighted by atomic mass is 9.99. The number of nitrogens with zero attached hydrogens (tertiary/aromatic N) is 2. The summed E-state index contributed by atoms with van der Waals surface area (Å²) in [6.45, 7) is 7.29. The van der Waals surface area contributed by atoms with Crippen LogP contribution in [-0.2, 0) is 0 Å². The Bertz CT molecular complexity index is 512. The predicted molar refractivity (Wildman–Crippen MR) is 107 cm³/mol. The zero-order valence-corrected chi connectivity index (χ0v) is 16.5. The lowest BCUT2D eigenvalue weighted by Gasteiger charge is -2.31. The van der Waals surface area contributed by atoms with Crippen LogP contribution in [0.25, 0.3) is 0 Å². The van der Waals surface area contributed by atoms with Crippen LogP contribution in [0.3, 0.4) is 0 Å². The number of piperidine rings is 2. The van der Waals surface area contributed by atoms with E-state index >= 15 is 0 Å². The van der Waals surface area contributed by atoms with Crippen LogP contribution in [0.2, 0.25) is 0 Å². The fourth-order valence-corrected chi connectivity index (χ4v) is 3.38. The number of amides is 1. The lowest BCUT2D eigenvalue weighted by Crippen LogP contribution is -2.38. The molecule has 1 unspecified atom stereocenters. The molecular weight excluding hydrogens is 359 g/mol. The molecule has 0 bridgehead atoms. The summed E-state index contributed by atoms with van der Waals surface area (Å²) >= 11 is 0.